The molecule has 1 saturated heterocycles. The molecule has 2 heterocycles. The van der Waals surface area contributed by atoms with E-state index in [0.717, 1.165) is 76.5 Å². The SMILES string of the molecule is CCCN(CCC(C)N1CCN(c2ccc(N/C=C(\NC3CC3)C(=O)C(C)=O)cn2)CC1CC)Cc1ccc(C)cc1.NC=O. The Hall–Kier alpha value is -3.76. The number of ketones is 2. The first kappa shape index (κ1) is 35.7. The fourth-order valence-corrected chi connectivity index (χ4v) is 5.72. The number of carbonyl (C=O) groups is 3. The molecule has 4 rings (SSSR count). The molecule has 2 aromatic rings. The number of rotatable bonds is 16. The predicted molar refractivity (Wildman–Crippen MR) is 182 cm³/mol. The number of nitrogens with one attached hydrogen (secondary N) is 2. The lowest BCUT2D eigenvalue weighted by Gasteiger charge is -2.45. The van der Waals surface area contributed by atoms with Crippen LogP contribution in [0.5, 0.6) is 0 Å². The Labute approximate surface area is 269 Å². The van der Waals surface area contributed by atoms with Gasteiger partial charge in [-0.05, 0) is 76.7 Å². The third-order valence-electron chi connectivity index (χ3n) is 8.45. The molecule has 4 N–H and O–H groups in total. The molecule has 0 bridgehead atoms. The molecule has 246 valence electrons. The summed E-state index contributed by atoms with van der Waals surface area (Å²) in [6, 6.07) is 14.3. The number of primary amides is 1. The zero-order valence-corrected chi connectivity index (χ0v) is 27.8. The van der Waals surface area contributed by atoms with Crippen molar-refractivity contribution < 1.29 is 14.4 Å². The van der Waals surface area contributed by atoms with Gasteiger partial charge in [0.25, 0.3) is 0 Å². The molecule has 1 aliphatic heterocycles. The zero-order valence-electron chi connectivity index (χ0n) is 27.8. The van der Waals surface area contributed by atoms with Gasteiger partial charge in [-0.15, -0.1) is 0 Å². The van der Waals surface area contributed by atoms with Gasteiger partial charge in [-0.25, -0.2) is 4.98 Å². The highest BCUT2D eigenvalue weighted by Gasteiger charge is 2.30. The number of nitrogens with two attached hydrogens (primary N) is 1. The van der Waals surface area contributed by atoms with Crippen molar-refractivity contribution in [3.05, 3.63) is 65.6 Å². The summed E-state index contributed by atoms with van der Waals surface area (Å²) in [5.41, 5.74) is 7.98. The number of nitrogens with zero attached hydrogens (tertiary/aromatic N) is 4. The number of carbonyl (C=O) groups excluding carboxylic acids is 3. The van der Waals surface area contributed by atoms with E-state index in [1.54, 1.807) is 12.4 Å². The number of aromatic nitrogens is 1. The van der Waals surface area contributed by atoms with E-state index >= 15 is 0 Å². The molecule has 1 aromatic carbocycles. The van der Waals surface area contributed by atoms with Gasteiger partial charge in [0.1, 0.15) is 11.5 Å². The molecular formula is C35H53N7O3. The van der Waals surface area contributed by atoms with Crippen LogP contribution in [0.3, 0.4) is 0 Å². The van der Waals surface area contributed by atoms with Gasteiger partial charge < -0.3 is 21.3 Å². The molecule has 2 unspecified atom stereocenters. The summed E-state index contributed by atoms with van der Waals surface area (Å²) >= 11 is 0. The van der Waals surface area contributed by atoms with Crippen LogP contribution in [0.4, 0.5) is 11.5 Å². The first-order valence-electron chi connectivity index (χ1n) is 16.4. The Morgan fingerprint density at radius 2 is 1.82 bits per heavy atom. The summed E-state index contributed by atoms with van der Waals surface area (Å²) in [7, 11) is 0. The summed E-state index contributed by atoms with van der Waals surface area (Å²) < 4.78 is 0. The first-order valence-corrected chi connectivity index (χ1v) is 16.4. The second-order valence-corrected chi connectivity index (χ2v) is 12.2. The van der Waals surface area contributed by atoms with Crippen LogP contribution in [0.2, 0.25) is 0 Å². The van der Waals surface area contributed by atoms with Crippen molar-refractivity contribution in [1.29, 1.82) is 0 Å². The number of hydrogen-bond donors (Lipinski definition) is 3. The maximum atomic E-state index is 12.3. The quantitative estimate of drug-likeness (QED) is 0.144. The fraction of sp³-hybridized carbons (Fsp3) is 0.543. The Morgan fingerprint density at radius 1 is 1.11 bits per heavy atom. The van der Waals surface area contributed by atoms with Gasteiger partial charge in [-0.3, -0.25) is 24.2 Å². The highest BCUT2D eigenvalue weighted by molar-refractivity contribution is 6.42. The lowest BCUT2D eigenvalue weighted by Crippen LogP contribution is -2.56. The molecule has 10 nitrogen and oxygen atoms in total. The van der Waals surface area contributed by atoms with Crippen molar-refractivity contribution in [2.45, 2.75) is 91.4 Å². The molecule has 1 aliphatic carbocycles. The standard InChI is InChI=1S/C34H50N6O2.CH3NO/c1-6-17-38(23-28-10-8-25(3)9-11-28)18-16-26(4)40-20-19-39(24-31(40)7-2)33-15-14-30(21-36-33)35-22-32(34(42)27(5)41)37-29-12-13-29;2-1-3/h8-11,14-15,21-22,26,29,31,35,37H,6-7,12-13,16-20,23-24H2,1-5H3;1H,(H2,2,3)/b32-22-;. The molecule has 2 aliphatic rings. The number of anilines is 2. The number of Topliss-reactive ketones (excluding diaryl/α,β-unsaturated/α-hetero) is 2. The number of piperazine rings is 1. The lowest BCUT2D eigenvalue weighted by atomic mass is 10.0. The first-order chi connectivity index (χ1) is 21.7. The van der Waals surface area contributed by atoms with E-state index in [9.17, 15) is 9.59 Å². The van der Waals surface area contributed by atoms with E-state index < -0.39 is 11.6 Å². The monoisotopic (exact) mass is 619 g/mol. The van der Waals surface area contributed by atoms with Crippen molar-refractivity contribution in [1.82, 2.24) is 20.1 Å². The van der Waals surface area contributed by atoms with Crippen LogP contribution in [0.1, 0.15) is 70.9 Å². The number of benzene rings is 1. The van der Waals surface area contributed by atoms with Gasteiger partial charge in [0.05, 0.1) is 11.9 Å². The van der Waals surface area contributed by atoms with Gasteiger partial charge in [0, 0.05) is 57.4 Å². The lowest BCUT2D eigenvalue weighted by molar-refractivity contribution is -0.133. The van der Waals surface area contributed by atoms with Gasteiger partial charge in [0.2, 0.25) is 18.0 Å². The maximum absolute atomic E-state index is 12.3. The number of amides is 1. The molecular weight excluding hydrogens is 566 g/mol. The van der Waals surface area contributed by atoms with E-state index in [1.165, 1.54) is 24.5 Å². The topological polar surface area (TPSA) is 124 Å². The summed E-state index contributed by atoms with van der Waals surface area (Å²) in [6.45, 7) is 16.6. The summed E-state index contributed by atoms with van der Waals surface area (Å²) in [5.74, 6) is 0.00353. The molecule has 45 heavy (non-hydrogen) atoms. The highest BCUT2D eigenvalue weighted by atomic mass is 16.2. The third-order valence-corrected chi connectivity index (χ3v) is 8.45. The van der Waals surface area contributed by atoms with Gasteiger partial charge in [-0.2, -0.15) is 0 Å². The van der Waals surface area contributed by atoms with E-state index in [2.05, 4.69) is 83.0 Å². The second-order valence-electron chi connectivity index (χ2n) is 12.2. The maximum Gasteiger partial charge on any atom is 0.245 e. The van der Waals surface area contributed by atoms with E-state index in [1.807, 2.05) is 12.1 Å². The molecule has 2 fully saturated rings. The Kier molecular flexibility index (Phi) is 14.5. The highest BCUT2D eigenvalue weighted by Crippen LogP contribution is 2.24. The van der Waals surface area contributed by atoms with Crippen LogP contribution in [-0.4, -0.2) is 83.6 Å². The Bertz CT molecular complexity index is 1240. The Morgan fingerprint density at radius 3 is 2.40 bits per heavy atom. The minimum atomic E-state index is -0.499. The summed E-state index contributed by atoms with van der Waals surface area (Å²) in [6.07, 6.45) is 9.12. The average Bonchev–Trinajstić information content (AvgIpc) is 3.87. The fourth-order valence-electron chi connectivity index (χ4n) is 5.72. The minimum absolute atomic E-state index is 0.250. The number of aryl methyl sites for hydroxylation is 1. The van der Waals surface area contributed by atoms with Gasteiger partial charge >= 0.3 is 0 Å². The number of hydrogen-bond acceptors (Lipinski definition) is 9. The van der Waals surface area contributed by atoms with Crippen LogP contribution in [0, 0.1) is 6.92 Å². The summed E-state index contributed by atoms with van der Waals surface area (Å²) in [5, 5.41) is 6.30. The van der Waals surface area contributed by atoms with Gasteiger partial charge in [-0.1, -0.05) is 43.7 Å². The van der Waals surface area contributed by atoms with Crippen molar-refractivity contribution in [2.24, 2.45) is 5.73 Å². The predicted octanol–water partition coefficient (Wildman–Crippen LogP) is 4.25. The van der Waals surface area contributed by atoms with Crippen LogP contribution in [0.15, 0.2) is 54.5 Å². The molecule has 1 amide bonds. The second kappa shape index (κ2) is 18.3. The minimum Gasteiger partial charge on any atom is -0.378 e. The molecule has 0 spiro atoms. The molecule has 10 heteroatoms. The van der Waals surface area contributed by atoms with Crippen LogP contribution >= 0.6 is 0 Å². The smallest absolute Gasteiger partial charge is 0.245 e. The normalized spacial score (nSPS) is 17.7. The van der Waals surface area contributed by atoms with E-state index in [4.69, 9.17) is 9.78 Å². The summed E-state index contributed by atoms with van der Waals surface area (Å²) in [4.78, 5) is 44.9. The van der Waals surface area contributed by atoms with Crippen LogP contribution < -0.4 is 21.3 Å². The number of allylic oxidation sites excluding steroid dienone is 1. The van der Waals surface area contributed by atoms with Gasteiger partial charge in [0.15, 0.2) is 0 Å². The zero-order chi connectivity index (χ0) is 32.8. The van der Waals surface area contributed by atoms with E-state index in [-0.39, 0.29) is 12.5 Å². The Balaban J connectivity index is 0.00000177. The van der Waals surface area contributed by atoms with Crippen molar-refractivity contribution in [3.63, 3.8) is 0 Å². The van der Waals surface area contributed by atoms with Crippen molar-refractivity contribution in [3.8, 4) is 0 Å². The number of pyridine rings is 1. The van der Waals surface area contributed by atoms with Crippen molar-refractivity contribution >= 4 is 29.5 Å². The van der Waals surface area contributed by atoms with Crippen molar-refractivity contribution in [2.75, 3.05) is 42.9 Å². The van der Waals surface area contributed by atoms with Crippen LogP contribution in [-0.2, 0) is 20.9 Å². The average molecular weight is 620 g/mol. The molecule has 0 radical (unpaired) electrons. The van der Waals surface area contributed by atoms with Crippen LogP contribution in [0.25, 0.3) is 0 Å². The molecule has 1 saturated carbocycles. The third kappa shape index (κ3) is 11.6. The molecule has 2 atom stereocenters. The van der Waals surface area contributed by atoms with E-state index in [0.29, 0.717) is 17.8 Å². The largest absolute Gasteiger partial charge is 0.378 e. The molecule has 1 aromatic heterocycles.